The van der Waals surface area contributed by atoms with Gasteiger partial charge in [0.15, 0.2) is 0 Å². The van der Waals surface area contributed by atoms with Gasteiger partial charge in [-0.25, -0.2) is 0 Å². The molecular weight excluding hydrogens is 683 g/mol. The van der Waals surface area contributed by atoms with Crippen LogP contribution in [0.1, 0.15) is 0 Å². The number of rotatable bonds is 0. The molecule has 0 aliphatic carbocycles. The second-order valence-corrected chi connectivity index (χ2v) is 6.93. The van der Waals surface area contributed by atoms with Crippen LogP contribution in [0.5, 0.6) is 0 Å². The average molecular weight is 685 g/mol. The molecule has 0 aromatic carbocycles. The second-order valence-electron chi connectivity index (χ2n) is 1.24. The van der Waals surface area contributed by atoms with Crippen molar-refractivity contribution in [3.63, 3.8) is 0 Å². The van der Waals surface area contributed by atoms with Crippen molar-refractivity contribution < 1.29 is 87.0 Å². The third-order valence-corrected chi connectivity index (χ3v) is 0. The van der Waals surface area contributed by atoms with E-state index in [-0.39, 0.29) is 16.8 Å². The zero-order chi connectivity index (χ0) is 16.2. The summed E-state index contributed by atoms with van der Waals surface area (Å²) in [4.78, 5) is 16.5. The fourth-order valence-electron chi connectivity index (χ4n) is 0. The molecule has 0 saturated carbocycles. The summed E-state index contributed by atoms with van der Waals surface area (Å²) in [6.45, 7) is 0. The van der Waals surface area contributed by atoms with Crippen molar-refractivity contribution in [1.29, 1.82) is 0 Å². The summed E-state index contributed by atoms with van der Waals surface area (Å²) in [7, 11) is 0. The van der Waals surface area contributed by atoms with Crippen LogP contribution in [-0.4, -0.2) is 17.8 Å². The van der Waals surface area contributed by atoms with E-state index in [2.05, 4.69) is 0 Å². The molecule has 0 rings (SSSR count). The number of hydrogen-bond acceptors (Lipinski definition) is 12. The minimum absolute atomic E-state index is 0. The summed E-state index contributed by atoms with van der Waals surface area (Å²) < 4.78 is 66.6. The van der Waals surface area contributed by atoms with Gasteiger partial charge in [0.2, 0.25) is 0 Å². The molecule has 2 N–H and O–H groups in total. The van der Waals surface area contributed by atoms with Crippen molar-refractivity contribution in [1.82, 2.24) is 0 Å². The van der Waals surface area contributed by atoms with Gasteiger partial charge in [-0.05, 0) is 0 Å². The Bertz CT molecular complexity index is 448. The Balaban J connectivity index is -0.0000000453. The SMILES string of the molecule is O=[N+]([O-])[O-].O=[N+]([O-])[O-].[Co+2].[O]=[Re](=[O])(=[O])[OH].[O]=[Re](=[O])(=[O])[OH]. The molecule has 1 radical (unpaired) electrons. The van der Waals surface area contributed by atoms with Crippen LogP contribution in [0.2, 0.25) is 0 Å². The maximum atomic E-state index is 8.75. The normalized spacial score (nSPS) is 8.53. The third-order valence-electron chi connectivity index (χ3n) is 0. The summed E-state index contributed by atoms with van der Waals surface area (Å²) in [5.74, 6) is 0. The zero-order valence-corrected chi connectivity index (χ0v) is 14.2. The molecule has 0 aliphatic rings. The first-order valence-electron chi connectivity index (χ1n) is 2.36. The van der Waals surface area contributed by atoms with Crippen LogP contribution in [0, 0.1) is 30.6 Å². The zero-order valence-electron chi connectivity index (χ0n) is 7.78. The van der Waals surface area contributed by atoms with Gasteiger partial charge in [0, 0.05) is 0 Å². The Labute approximate surface area is 117 Å². The quantitative estimate of drug-likeness (QED) is 0.200. The standard InChI is InChI=1S/Co.2NO3.2H2O.6O.2Re/c;2*2-1(3)4;;;;;;;;;;/h;;;2*1H2;;;;;;;;/q+2;2*-1;;;;;;;;;2*+1/p-2. The average Bonchev–Trinajstić information content (AvgIpc) is 1.70. The van der Waals surface area contributed by atoms with Crippen molar-refractivity contribution >= 4 is 0 Å². The van der Waals surface area contributed by atoms with Gasteiger partial charge < -0.3 is 30.6 Å². The molecule has 119 valence electrons. The molecule has 0 saturated heterocycles. The monoisotopic (exact) mass is 687 g/mol. The molecule has 0 amide bonds. The van der Waals surface area contributed by atoms with Gasteiger partial charge in [0.1, 0.15) is 0 Å². The van der Waals surface area contributed by atoms with Crippen molar-refractivity contribution in [2.24, 2.45) is 0 Å². The molecule has 0 heterocycles. The molecule has 0 fully saturated rings. The summed E-state index contributed by atoms with van der Waals surface area (Å²) in [6.07, 6.45) is 0. The predicted molar refractivity (Wildman–Crippen MR) is 29.3 cm³/mol. The van der Waals surface area contributed by atoms with Gasteiger partial charge >= 0.3 is 76.8 Å². The van der Waals surface area contributed by atoms with Crippen LogP contribution in [-0.2, 0) is 69.2 Å². The Kier molecular flexibility index (Phi) is 24.3. The summed E-state index contributed by atoms with van der Waals surface area (Å²) in [5, 5.41) is 29.5. The van der Waals surface area contributed by atoms with Gasteiger partial charge in [0.25, 0.3) is 0 Å². The summed E-state index contributed by atoms with van der Waals surface area (Å²) in [6, 6.07) is 0. The van der Waals surface area contributed by atoms with E-state index in [1.807, 2.05) is 0 Å². The first kappa shape index (κ1) is 30.8. The van der Waals surface area contributed by atoms with Crippen LogP contribution >= 0.6 is 0 Å². The number of nitrogens with zero attached hydrogens (tertiary/aromatic N) is 2. The van der Waals surface area contributed by atoms with Crippen molar-refractivity contribution in [3.8, 4) is 0 Å². The van der Waals surface area contributed by atoms with Crippen LogP contribution in [0.4, 0.5) is 0 Å². The fourth-order valence-corrected chi connectivity index (χ4v) is 0. The van der Waals surface area contributed by atoms with Gasteiger partial charge in [-0.15, -0.1) is 0 Å². The van der Waals surface area contributed by atoms with E-state index in [1.165, 1.54) is 0 Å². The molecule has 16 nitrogen and oxygen atoms in total. The number of hydrogen-bond donors (Lipinski definition) is 2. The summed E-state index contributed by atoms with van der Waals surface area (Å²) in [5.41, 5.74) is 0. The van der Waals surface area contributed by atoms with E-state index in [9.17, 15) is 0 Å². The molecule has 19 heavy (non-hydrogen) atoms. The van der Waals surface area contributed by atoms with Gasteiger partial charge in [-0.1, -0.05) is 0 Å². The molecule has 0 bridgehead atoms. The van der Waals surface area contributed by atoms with E-state index < -0.39 is 41.7 Å². The Morgan fingerprint density at radius 2 is 0.632 bits per heavy atom. The van der Waals surface area contributed by atoms with Gasteiger partial charge in [-0.2, -0.15) is 0 Å². The molecule has 0 aliphatic heterocycles. The predicted octanol–water partition coefficient (Wildman–Crippen LogP) is -2.31. The first-order valence-corrected chi connectivity index (χ1v) is 11.4. The maximum absolute atomic E-state index is 8.75. The molecular formula is H2CoN2O14Re2. The van der Waals surface area contributed by atoms with E-state index in [4.69, 9.17) is 59.1 Å². The summed E-state index contributed by atoms with van der Waals surface area (Å²) >= 11 is -11.7. The van der Waals surface area contributed by atoms with Gasteiger partial charge in [-0.3, -0.25) is 0 Å². The van der Waals surface area contributed by atoms with Gasteiger partial charge in [0.05, 0.1) is 10.2 Å². The van der Waals surface area contributed by atoms with Crippen molar-refractivity contribution in [2.75, 3.05) is 0 Å². The molecule has 19 heteroatoms. The second kappa shape index (κ2) is 15.0. The topological polar surface area (TPSA) is 275 Å². The molecule has 0 aromatic rings. The first-order chi connectivity index (χ1) is 7.46. The molecule has 0 unspecified atom stereocenters. The van der Waals surface area contributed by atoms with Crippen molar-refractivity contribution in [3.05, 3.63) is 30.6 Å². The Morgan fingerprint density at radius 1 is 0.632 bits per heavy atom. The van der Waals surface area contributed by atoms with E-state index >= 15 is 0 Å². The van der Waals surface area contributed by atoms with Crippen LogP contribution in [0.3, 0.4) is 0 Å². The molecule has 0 spiro atoms. The molecule has 0 atom stereocenters. The van der Waals surface area contributed by atoms with E-state index in [0.29, 0.717) is 0 Å². The van der Waals surface area contributed by atoms with E-state index in [0.717, 1.165) is 0 Å². The van der Waals surface area contributed by atoms with Crippen LogP contribution in [0.25, 0.3) is 0 Å². The molecule has 0 aromatic heterocycles. The Morgan fingerprint density at radius 3 is 0.632 bits per heavy atom. The Hall–Kier alpha value is -1.05. The minimum atomic E-state index is -5.86. The van der Waals surface area contributed by atoms with E-state index in [1.54, 1.807) is 0 Å². The van der Waals surface area contributed by atoms with Crippen LogP contribution < -0.4 is 0 Å². The van der Waals surface area contributed by atoms with Crippen molar-refractivity contribution in [2.45, 2.75) is 0 Å². The van der Waals surface area contributed by atoms with Crippen LogP contribution in [0.15, 0.2) is 0 Å². The third kappa shape index (κ3) is 3440. The fraction of sp³-hybridized carbons (Fsp3) is 0.